The third-order valence-electron chi connectivity index (χ3n) is 4.48. The Labute approximate surface area is 212 Å². The third kappa shape index (κ3) is 6.95. The van der Waals surface area contributed by atoms with E-state index >= 15 is 0 Å². The Balaban J connectivity index is 1.75. The van der Waals surface area contributed by atoms with E-state index in [0.29, 0.717) is 10.6 Å². The number of nitrogens with one attached hydrogen (secondary N) is 1. The first-order valence-corrected chi connectivity index (χ1v) is 10.6. The quantitative estimate of drug-likeness (QED) is 0.105. The van der Waals surface area contributed by atoms with Crippen molar-refractivity contribution in [1.29, 1.82) is 0 Å². The van der Waals surface area contributed by atoms with Crippen molar-refractivity contribution in [2.45, 2.75) is 0 Å². The van der Waals surface area contributed by atoms with Crippen LogP contribution >= 0.6 is 23.2 Å². The number of carbonyl (C=O) groups is 2. The largest absolute Gasteiger partial charge is 0.423 e. The number of hydrogen-bond acceptors (Lipinski definition) is 8. The van der Waals surface area contributed by atoms with Crippen LogP contribution in [-0.2, 0) is 4.79 Å². The number of amides is 1. The van der Waals surface area contributed by atoms with Crippen molar-refractivity contribution >= 4 is 58.7 Å². The van der Waals surface area contributed by atoms with Gasteiger partial charge >= 0.3 is 5.97 Å². The van der Waals surface area contributed by atoms with Gasteiger partial charge in [0.25, 0.3) is 17.3 Å². The van der Waals surface area contributed by atoms with Gasteiger partial charge < -0.3 is 4.74 Å². The van der Waals surface area contributed by atoms with Crippen LogP contribution < -0.4 is 10.2 Å². The van der Waals surface area contributed by atoms with Crippen LogP contribution in [-0.4, -0.2) is 27.9 Å². The van der Waals surface area contributed by atoms with E-state index in [0.717, 1.165) is 24.4 Å². The molecular weight excluding hydrogens is 515 g/mol. The number of halogens is 2. The molecule has 3 aromatic carbocycles. The molecule has 0 aliphatic heterocycles. The van der Waals surface area contributed by atoms with Gasteiger partial charge in [-0.1, -0.05) is 23.2 Å². The second kappa shape index (κ2) is 11.7. The van der Waals surface area contributed by atoms with Crippen molar-refractivity contribution in [3.63, 3.8) is 0 Å². The highest BCUT2D eigenvalue weighted by Crippen LogP contribution is 2.24. The Morgan fingerprint density at radius 3 is 2.22 bits per heavy atom. The molecule has 13 heteroatoms. The van der Waals surface area contributed by atoms with Gasteiger partial charge in [0.2, 0.25) is 0 Å². The lowest BCUT2D eigenvalue weighted by Crippen LogP contribution is -2.18. The zero-order valence-corrected chi connectivity index (χ0v) is 19.5. The molecule has 182 valence electrons. The number of nitrogens with zero attached hydrogens (tertiary/aromatic N) is 3. The highest BCUT2D eigenvalue weighted by atomic mass is 35.5. The third-order valence-corrected chi connectivity index (χ3v) is 5.02. The predicted molar refractivity (Wildman–Crippen MR) is 132 cm³/mol. The lowest BCUT2D eigenvalue weighted by Gasteiger charge is -2.06. The van der Waals surface area contributed by atoms with Gasteiger partial charge in [0.15, 0.2) is 0 Å². The second-order valence-electron chi connectivity index (χ2n) is 6.91. The smallest absolute Gasteiger partial charge is 0.336 e. The summed E-state index contributed by atoms with van der Waals surface area (Å²) in [5.41, 5.74) is 2.46. The molecule has 0 unspecified atom stereocenters. The molecule has 0 fully saturated rings. The standard InChI is InChI=1S/C23H14Cl2N4O7/c24-16-4-8-19(20(25)12-16)23(31)27-26-13-15-11-18(29(34)35)7-9-21(15)36-22(30)10-3-14-1-5-17(6-2-14)28(32)33/h1-13H,(H,27,31)/b10-3+,26-13+. The van der Waals surface area contributed by atoms with Gasteiger partial charge in [0.05, 0.1) is 26.6 Å². The minimum Gasteiger partial charge on any atom is -0.423 e. The van der Waals surface area contributed by atoms with Gasteiger partial charge in [-0.15, -0.1) is 0 Å². The Bertz CT molecular complexity index is 1410. The Morgan fingerprint density at radius 1 is 0.917 bits per heavy atom. The van der Waals surface area contributed by atoms with E-state index in [1.54, 1.807) is 0 Å². The molecule has 0 atom stereocenters. The molecule has 0 aliphatic rings. The molecule has 0 spiro atoms. The van der Waals surface area contributed by atoms with E-state index < -0.39 is 21.7 Å². The molecule has 0 heterocycles. The van der Waals surface area contributed by atoms with Gasteiger partial charge in [-0.3, -0.25) is 25.0 Å². The minimum absolute atomic E-state index is 0.0313. The molecule has 0 bridgehead atoms. The van der Waals surface area contributed by atoms with Crippen LogP contribution in [0.2, 0.25) is 10.0 Å². The highest BCUT2D eigenvalue weighted by molar-refractivity contribution is 6.36. The minimum atomic E-state index is -0.825. The zero-order valence-electron chi connectivity index (χ0n) is 18.0. The van der Waals surface area contributed by atoms with E-state index in [4.69, 9.17) is 27.9 Å². The zero-order chi connectivity index (χ0) is 26.2. The van der Waals surface area contributed by atoms with Crippen molar-refractivity contribution in [2.75, 3.05) is 0 Å². The number of hydrazone groups is 1. The first kappa shape index (κ1) is 26.0. The van der Waals surface area contributed by atoms with Crippen molar-refractivity contribution in [2.24, 2.45) is 5.10 Å². The lowest BCUT2D eigenvalue weighted by molar-refractivity contribution is -0.385. The fourth-order valence-corrected chi connectivity index (χ4v) is 3.25. The predicted octanol–water partition coefficient (Wildman–Crippen LogP) is 5.19. The molecule has 0 aromatic heterocycles. The Kier molecular flexibility index (Phi) is 8.44. The molecule has 0 saturated heterocycles. The van der Waals surface area contributed by atoms with E-state index in [-0.39, 0.29) is 33.3 Å². The van der Waals surface area contributed by atoms with Crippen LogP contribution in [0.1, 0.15) is 21.5 Å². The molecule has 1 N–H and O–H groups in total. The van der Waals surface area contributed by atoms with Gasteiger partial charge in [-0.05, 0) is 48.0 Å². The number of nitro groups is 2. The summed E-state index contributed by atoms with van der Waals surface area (Å²) < 4.78 is 5.24. The fourth-order valence-electron chi connectivity index (χ4n) is 2.75. The van der Waals surface area contributed by atoms with Crippen LogP contribution in [0.4, 0.5) is 11.4 Å². The molecule has 3 aromatic rings. The molecule has 0 radical (unpaired) electrons. The van der Waals surface area contributed by atoms with Crippen molar-refractivity contribution in [3.05, 3.63) is 114 Å². The van der Waals surface area contributed by atoms with Gasteiger partial charge in [0, 0.05) is 40.9 Å². The summed E-state index contributed by atoms with van der Waals surface area (Å²) in [4.78, 5) is 45.2. The number of rotatable bonds is 8. The maximum absolute atomic E-state index is 12.3. The van der Waals surface area contributed by atoms with Crippen LogP contribution in [0.3, 0.4) is 0 Å². The number of non-ortho nitro benzene ring substituents is 2. The van der Waals surface area contributed by atoms with Gasteiger partial charge in [-0.2, -0.15) is 5.10 Å². The summed E-state index contributed by atoms with van der Waals surface area (Å²) in [6.45, 7) is 0. The average Bonchev–Trinajstić information content (AvgIpc) is 2.83. The monoisotopic (exact) mass is 528 g/mol. The molecule has 0 aliphatic carbocycles. The van der Waals surface area contributed by atoms with E-state index in [1.807, 2.05) is 0 Å². The second-order valence-corrected chi connectivity index (χ2v) is 7.75. The lowest BCUT2D eigenvalue weighted by atomic mass is 10.2. The first-order valence-electron chi connectivity index (χ1n) is 9.85. The van der Waals surface area contributed by atoms with E-state index in [2.05, 4.69) is 10.5 Å². The van der Waals surface area contributed by atoms with Crippen LogP contribution in [0.25, 0.3) is 6.08 Å². The summed E-state index contributed by atoms with van der Waals surface area (Å²) in [6.07, 6.45) is 3.52. The summed E-state index contributed by atoms with van der Waals surface area (Å²) in [6, 6.07) is 13.1. The first-order chi connectivity index (χ1) is 17.1. The van der Waals surface area contributed by atoms with Crippen molar-refractivity contribution in [3.8, 4) is 5.75 Å². The van der Waals surface area contributed by atoms with Gasteiger partial charge in [0.1, 0.15) is 5.75 Å². The van der Waals surface area contributed by atoms with Gasteiger partial charge in [-0.25, -0.2) is 10.2 Å². The highest BCUT2D eigenvalue weighted by Gasteiger charge is 2.14. The number of carbonyl (C=O) groups excluding carboxylic acids is 2. The fraction of sp³-hybridized carbons (Fsp3) is 0. The maximum atomic E-state index is 12.3. The number of nitro benzene ring substituents is 2. The topological polar surface area (TPSA) is 154 Å². The normalized spacial score (nSPS) is 10.9. The van der Waals surface area contributed by atoms with Crippen LogP contribution in [0.15, 0.2) is 71.8 Å². The van der Waals surface area contributed by atoms with Crippen LogP contribution in [0, 0.1) is 20.2 Å². The number of benzene rings is 3. The summed E-state index contributed by atoms with van der Waals surface area (Å²) in [5.74, 6) is -1.56. The Morgan fingerprint density at radius 2 is 1.58 bits per heavy atom. The number of hydrogen-bond donors (Lipinski definition) is 1. The molecule has 36 heavy (non-hydrogen) atoms. The number of esters is 1. The molecule has 0 saturated carbocycles. The van der Waals surface area contributed by atoms with Crippen LogP contribution in [0.5, 0.6) is 5.75 Å². The maximum Gasteiger partial charge on any atom is 0.336 e. The SMILES string of the molecule is O=C(/C=C/c1ccc([N+](=O)[O-])cc1)Oc1ccc([N+](=O)[O-])cc1/C=N/NC(=O)c1ccc(Cl)cc1Cl. The summed E-state index contributed by atoms with van der Waals surface area (Å²) >= 11 is 11.8. The van der Waals surface area contributed by atoms with E-state index in [9.17, 15) is 29.8 Å². The average molecular weight is 529 g/mol. The summed E-state index contributed by atoms with van der Waals surface area (Å²) in [7, 11) is 0. The molecule has 3 rings (SSSR count). The summed E-state index contributed by atoms with van der Waals surface area (Å²) in [5, 5.41) is 26.1. The van der Waals surface area contributed by atoms with Crippen molar-refractivity contribution < 1.29 is 24.2 Å². The van der Waals surface area contributed by atoms with E-state index in [1.165, 1.54) is 54.6 Å². The molecule has 1 amide bonds. The van der Waals surface area contributed by atoms with Crippen molar-refractivity contribution in [1.82, 2.24) is 5.43 Å². The molecular formula is C23H14Cl2N4O7. The molecule has 11 nitrogen and oxygen atoms in total. The number of ether oxygens (including phenoxy) is 1. The Hall–Kier alpha value is -4.61.